The van der Waals surface area contributed by atoms with E-state index in [2.05, 4.69) is 4.90 Å². The third kappa shape index (κ3) is 3.21. The van der Waals surface area contributed by atoms with Crippen LogP contribution in [0.3, 0.4) is 0 Å². The summed E-state index contributed by atoms with van der Waals surface area (Å²) in [7, 11) is 1.88. The van der Waals surface area contributed by atoms with Gasteiger partial charge in [0.2, 0.25) is 0 Å². The smallest absolute Gasteiger partial charge is 0.0726 e. The summed E-state index contributed by atoms with van der Waals surface area (Å²) in [6, 6.07) is 1.38. The van der Waals surface area contributed by atoms with Gasteiger partial charge < -0.3 is 10.5 Å². The molecule has 2 N–H and O–H groups in total. The van der Waals surface area contributed by atoms with E-state index >= 15 is 0 Å². The highest BCUT2D eigenvalue weighted by Gasteiger charge is 2.34. The molecule has 3 unspecified atom stereocenters. The maximum absolute atomic E-state index is 5.76. The number of rotatable bonds is 4. The second-order valence-electron chi connectivity index (χ2n) is 5.59. The Morgan fingerprint density at radius 3 is 2.65 bits per heavy atom. The molecule has 0 bridgehead atoms. The molecule has 100 valence electrons. The van der Waals surface area contributed by atoms with Crippen molar-refractivity contribution in [2.75, 3.05) is 20.2 Å². The van der Waals surface area contributed by atoms with Crippen molar-refractivity contribution in [2.45, 2.75) is 69.6 Å². The maximum Gasteiger partial charge on any atom is 0.0726 e. The topological polar surface area (TPSA) is 38.5 Å². The fraction of sp³-hybridized carbons (Fsp3) is 1.00. The van der Waals surface area contributed by atoms with Crippen LogP contribution in [0.2, 0.25) is 0 Å². The Labute approximate surface area is 106 Å². The van der Waals surface area contributed by atoms with Gasteiger partial charge in [-0.15, -0.1) is 0 Å². The summed E-state index contributed by atoms with van der Waals surface area (Å²) < 4.78 is 5.71. The van der Waals surface area contributed by atoms with Gasteiger partial charge in [0.15, 0.2) is 0 Å². The zero-order chi connectivity index (χ0) is 12.1. The molecule has 2 rings (SSSR count). The van der Waals surface area contributed by atoms with Gasteiger partial charge in [0, 0.05) is 19.2 Å². The summed E-state index contributed by atoms with van der Waals surface area (Å²) in [6.07, 6.45) is 11.0. The van der Waals surface area contributed by atoms with Crippen molar-refractivity contribution in [3.63, 3.8) is 0 Å². The van der Waals surface area contributed by atoms with Crippen molar-refractivity contribution in [2.24, 2.45) is 5.73 Å². The predicted molar refractivity (Wildman–Crippen MR) is 71.1 cm³/mol. The average Bonchev–Trinajstić information content (AvgIpc) is 2.40. The van der Waals surface area contributed by atoms with Crippen molar-refractivity contribution in [1.29, 1.82) is 0 Å². The molecule has 1 heterocycles. The van der Waals surface area contributed by atoms with Crippen LogP contribution in [0.1, 0.15) is 51.4 Å². The van der Waals surface area contributed by atoms with E-state index in [1.54, 1.807) is 0 Å². The molecule has 1 saturated heterocycles. The van der Waals surface area contributed by atoms with Crippen LogP contribution >= 0.6 is 0 Å². The summed E-state index contributed by atoms with van der Waals surface area (Å²) >= 11 is 0. The van der Waals surface area contributed by atoms with Crippen molar-refractivity contribution in [3.8, 4) is 0 Å². The van der Waals surface area contributed by atoms with Crippen molar-refractivity contribution in [3.05, 3.63) is 0 Å². The highest BCUT2D eigenvalue weighted by atomic mass is 16.5. The Morgan fingerprint density at radius 1 is 1.12 bits per heavy atom. The molecule has 0 radical (unpaired) electrons. The number of ether oxygens (including phenoxy) is 1. The summed E-state index contributed by atoms with van der Waals surface area (Å²) in [5, 5.41) is 0. The summed E-state index contributed by atoms with van der Waals surface area (Å²) in [4.78, 5) is 2.73. The number of nitrogens with two attached hydrogens (primary N) is 1. The monoisotopic (exact) mass is 240 g/mol. The summed E-state index contributed by atoms with van der Waals surface area (Å²) in [6.45, 7) is 2.08. The quantitative estimate of drug-likeness (QED) is 0.818. The Bertz CT molecular complexity index is 220. The number of likely N-dealkylation sites (tertiary alicyclic amines) is 1. The Morgan fingerprint density at radius 2 is 1.88 bits per heavy atom. The zero-order valence-corrected chi connectivity index (χ0v) is 11.2. The Kier molecular flexibility index (Phi) is 5.26. The minimum atomic E-state index is 0.460. The fourth-order valence-corrected chi connectivity index (χ4v) is 3.69. The molecule has 3 nitrogen and oxygen atoms in total. The van der Waals surface area contributed by atoms with Gasteiger partial charge in [0.25, 0.3) is 0 Å². The standard InChI is InChI=1S/C14H28N2O/c1-17-14-8-3-2-7-13(14)16-11-5-4-6-12(16)9-10-15/h12-14H,2-11,15H2,1H3. The van der Waals surface area contributed by atoms with Gasteiger partial charge in [0.05, 0.1) is 6.10 Å². The van der Waals surface area contributed by atoms with Crippen LogP contribution in [-0.2, 0) is 4.74 Å². The van der Waals surface area contributed by atoms with E-state index in [1.165, 1.54) is 51.5 Å². The van der Waals surface area contributed by atoms with E-state index in [0.717, 1.165) is 19.0 Å². The second-order valence-corrected chi connectivity index (χ2v) is 5.59. The highest BCUT2D eigenvalue weighted by molar-refractivity contribution is 4.89. The molecule has 3 atom stereocenters. The first-order valence-corrected chi connectivity index (χ1v) is 7.35. The molecule has 2 aliphatic rings. The number of hydrogen-bond donors (Lipinski definition) is 1. The minimum absolute atomic E-state index is 0.460. The van der Waals surface area contributed by atoms with Gasteiger partial charge in [-0.25, -0.2) is 0 Å². The molecule has 0 amide bonds. The molecule has 3 heteroatoms. The Balaban J connectivity index is 2.00. The molecule has 17 heavy (non-hydrogen) atoms. The van der Waals surface area contributed by atoms with Gasteiger partial charge in [-0.05, 0) is 45.2 Å². The lowest BCUT2D eigenvalue weighted by atomic mass is 9.87. The SMILES string of the molecule is COC1CCCCC1N1CCCCC1CCN. The molecule has 0 aromatic carbocycles. The van der Waals surface area contributed by atoms with E-state index in [9.17, 15) is 0 Å². The van der Waals surface area contributed by atoms with E-state index < -0.39 is 0 Å². The number of nitrogens with zero attached hydrogens (tertiary/aromatic N) is 1. The largest absolute Gasteiger partial charge is 0.380 e. The first-order chi connectivity index (χ1) is 8.36. The van der Waals surface area contributed by atoms with Crippen LogP contribution in [0, 0.1) is 0 Å². The molecular weight excluding hydrogens is 212 g/mol. The van der Waals surface area contributed by atoms with Crippen LogP contribution < -0.4 is 5.73 Å². The van der Waals surface area contributed by atoms with Gasteiger partial charge in [0.1, 0.15) is 0 Å². The molecular formula is C14H28N2O. The first-order valence-electron chi connectivity index (χ1n) is 7.35. The van der Waals surface area contributed by atoms with Crippen molar-refractivity contribution in [1.82, 2.24) is 4.90 Å². The van der Waals surface area contributed by atoms with Crippen LogP contribution in [-0.4, -0.2) is 43.3 Å². The third-order valence-corrected chi connectivity index (χ3v) is 4.57. The summed E-state index contributed by atoms with van der Waals surface area (Å²) in [5.41, 5.74) is 5.76. The lowest BCUT2D eigenvalue weighted by Gasteiger charge is -2.45. The number of piperidine rings is 1. The lowest BCUT2D eigenvalue weighted by Crippen LogP contribution is -2.53. The molecule has 0 spiro atoms. The van der Waals surface area contributed by atoms with E-state index in [1.807, 2.05) is 7.11 Å². The van der Waals surface area contributed by atoms with Gasteiger partial charge in [-0.3, -0.25) is 4.90 Å². The van der Waals surface area contributed by atoms with Gasteiger partial charge >= 0.3 is 0 Å². The lowest BCUT2D eigenvalue weighted by molar-refractivity contribution is -0.0381. The predicted octanol–water partition coefficient (Wildman–Crippen LogP) is 2.15. The van der Waals surface area contributed by atoms with Crippen molar-refractivity contribution < 1.29 is 4.74 Å². The maximum atomic E-state index is 5.76. The molecule has 1 aliphatic carbocycles. The number of methoxy groups -OCH3 is 1. The summed E-state index contributed by atoms with van der Waals surface area (Å²) in [5.74, 6) is 0. The Hall–Kier alpha value is -0.120. The third-order valence-electron chi connectivity index (χ3n) is 4.57. The van der Waals surface area contributed by atoms with Crippen LogP contribution in [0.25, 0.3) is 0 Å². The van der Waals surface area contributed by atoms with E-state index in [-0.39, 0.29) is 0 Å². The highest BCUT2D eigenvalue weighted by Crippen LogP contribution is 2.31. The van der Waals surface area contributed by atoms with Gasteiger partial charge in [-0.1, -0.05) is 19.3 Å². The number of hydrogen-bond acceptors (Lipinski definition) is 3. The van der Waals surface area contributed by atoms with Crippen LogP contribution in [0.4, 0.5) is 0 Å². The van der Waals surface area contributed by atoms with E-state index in [0.29, 0.717) is 12.1 Å². The fourth-order valence-electron chi connectivity index (χ4n) is 3.69. The van der Waals surface area contributed by atoms with E-state index in [4.69, 9.17) is 10.5 Å². The second kappa shape index (κ2) is 6.72. The van der Waals surface area contributed by atoms with Crippen molar-refractivity contribution >= 4 is 0 Å². The molecule has 1 aliphatic heterocycles. The van der Waals surface area contributed by atoms with Crippen LogP contribution in [0.15, 0.2) is 0 Å². The molecule has 0 aromatic rings. The molecule has 2 fully saturated rings. The molecule has 0 aromatic heterocycles. The zero-order valence-electron chi connectivity index (χ0n) is 11.2. The van der Waals surface area contributed by atoms with Crippen LogP contribution in [0.5, 0.6) is 0 Å². The molecule has 1 saturated carbocycles. The average molecular weight is 240 g/mol. The van der Waals surface area contributed by atoms with Gasteiger partial charge in [-0.2, -0.15) is 0 Å². The first kappa shape index (κ1) is 13.3. The minimum Gasteiger partial charge on any atom is -0.380 e. The normalized spacial score (nSPS) is 36.0.